The lowest BCUT2D eigenvalue weighted by Gasteiger charge is -2.31. The maximum absolute atomic E-state index is 12.1. The number of rotatable bonds is 3. The number of hydrogen-bond donors (Lipinski definition) is 2. The van der Waals surface area contributed by atoms with Gasteiger partial charge in [0.05, 0.1) is 5.60 Å². The lowest BCUT2D eigenvalue weighted by atomic mass is 9.96. The summed E-state index contributed by atoms with van der Waals surface area (Å²) in [6.45, 7) is 2.24. The van der Waals surface area contributed by atoms with Crippen LogP contribution in [0.4, 0.5) is 0 Å². The average molecular weight is 344 g/mol. The zero-order valence-electron chi connectivity index (χ0n) is 10.9. The minimum absolute atomic E-state index is 0.114. The van der Waals surface area contributed by atoms with E-state index >= 15 is 0 Å². The van der Waals surface area contributed by atoms with Crippen molar-refractivity contribution in [2.45, 2.75) is 25.4 Å². The second kappa shape index (κ2) is 6.29. The van der Waals surface area contributed by atoms with Gasteiger partial charge in [-0.3, -0.25) is 4.79 Å². The molecule has 2 rings (SSSR count). The van der Waals surface area contributed by atoms with Crippen LogP contribution >= 0.6 is 27.7 Å². The molecule has 0 saturated carbocycles. The highest BCUT2D eigenvalue weighted by Gasteiger charge is 2.30. The first-order valence-electron chi connectivity index (χ1n) is 6.35. The van der Waals surface area contributed by atoms with Crippen LogP contribution in [0.3, 0.4) is 0 Å². The monoisotopic (exact) mass is 343 g/mol. The third-order valence-corrected chi connectivity index (χ3v) is 4.91. The van der Waals surface area contributed by atoms with E-state index in [-0.39, 0.29) is 5.91 Å². The number of nitrogens with one attached hydrogen (secondary N) is 1. The third-order valence-electron chi connectivity index (χ3n) is 3.43. The number of benzene rings is 1. The van der Waals surface area contributed by atoms with Gasteiger partial charge in [-0.1, -0.05) is 15.9 Å². The second-order valence-corrected chi connectivity index (χ2v) is 7.12. The zero-order valence-corrected chi connectivity index (χ0v) is 13.3. The molecule has 104 valence electrons. The highest BCUT2D eigenvalue weighted by Crippen LogP contribution is 2.26. The van der Waals surface area contributed by atoms with Crippen LogP contribution in [0.1, 0.15) is 28.8 Å². The van der Waals surface area contributed by atoms with E-state index in [1.807, 2.05) is 30.8 Å². The fourth-order valence-electron chi connectivity index (χ4n) is 2.15. The van der Waals surface area contributed by atoms with Crippen molar-refractivity contribution in [3.05, 3.63) is 33.8 Å². The quantitative estimate of drug-likeness (QED) is 0.887. The van der Waals surface area contributed by atoms with E-state index in [9.17, 15) is 9.90 Å². The predicted octanol–water partition coefficient (Wildman–Crippen LogP) is 2.75. The summed E-state index contributed by atoms with van der Waals surface area (Å²) < 4.78 is 0.962. The molecule has 0 atom stereocenters. The van der Waals surface area contributed by atoms with Gasteiger partial charge in [-0.2, -0.15) is 11.8 Å². The van der Waals surface area contributed by atoms with Crippen molar-refractivity contribution in [3.63, 3.8) is 0 Å². The Morgan fingerprint density at radius 1 is 1.47 bits per heavy atom. The molecule has 0 aromatic heterocycles. The van der Waals surface area contributed by atoms with Gasteiger partial charge in [0, 0.05) is 16.6 Å². The predicted molar refractivity (Wildman–Crippen MR) is 82.7 cm³/mol. The van der Waals surface area contributed by atoms with E-state index in [1.54, 1.807) is 6.07 Å². The lowest BCUT2D eigenvalue weighted by molar-refractivity contribution is 0.0311. The Balaban J connectivity index is 1.97. The van der Waals surface area contributed by atoms with Gasteiger partial charge >= 0.3 is 0 Å². The maximum atomic E-state index is 12.1. The van der Waals surface area contributed by atoms with Crippen molar-refractivity contribution in [1.29, 1.82) is 0 Å². The van der Waals surface area contributed by atoms with Crippen molar-refractivity contribution < 1.29 is 9.90 Å². The number of aliphatic hydroxyl groups is 1. The molecule has 0 spiro atoms. The first kappa shape index (κ1) is 14.9. The Kier molecular flexibility index (Phi) is 4.92. The van der Waals surface area contributed by atoms with Crippen LogP contribution in [0.2, 0.25) is 0 Å². The summed E-state index contributed by atoms with van der Waals surface area (Å²) in [5.41, 5.74) is 0.861. The van der Waals surface area contributed by atoms with Crippen molar-refractivity contribution in [1.82, 2.24) is 5.32 Å². The van der Waals surface area contributed by atoms with Crippen molar-refractivity contribution >= 4 is 33.6 Å². The standard InChI is InChI=1S/C14H18BrNO2S/c1-10-8-11(15)2-3-12(10)13(17)16-9-14(18)4-6-19-7-5-14/h2-3,8,18H,4-7,9H2,1H3,(H,16,17). The SMILES string of the molecule is Cc1cc(Br)ccc1C(=O)NCC1(O)CCSCC1. The van der Waals surface area contributed by atoms with Crippen LogP contribution in [0.25, 0.3) is 0 Å². The minimum Gasteiger partial charge on any atom is -0.388 e. The van der Waals surface area contributed by atoms with Crippen LogP contribution in [0.15, 0.2) is 22.7 Å². The topological polar surface area (TPSA) is 49.3 Å². The van der Waals surface area contributed by atoms with Gasteiger partial charge in [0.2, 0.25) is 0 Å². The zero-order chi connectivity index (χ0) is 13.9. The number of carbonyl (C=O) groups excluding carboxylic acids is 1. The van der Waals surface area contributed by atoms with Gasteiger partial charge in [0.25, 0.3) is 5.91 Å². The number of aryl methyl sites for hydroxylation is 1. The van der Waals surface area contributed by atoms with Crippen LogP contribution in [-0.2, 0) is 0 Å². The molecular formula is C14H18BrNO2S. The fourth-order valence-corrected chi connectivity index (χ4v) is 3.88. The summed E-state index contributed by atoms with van der Waals surface area (Å²) in [5.74, 6) is 1.81. The Hall–Kier alpha value is -0.520. The molecule has 2 N–H and O–H groups in total. The molecule has 1 saturated heterocycles. The number of hydrogen-bond acceptors (Lipinski definition) is 3. The highest BCUT2D eigenvalue weighted by atomic mass is 79.9. The lowest BCUT2D eigenvalue weighted by Crippen LogP contribution is -2.45. The molecular weight excluding hydrogens is 326 g/mol. The smallest absolute Gasteiger partial charge is 0.251 e. The second-order valence-electron chi connectivity index (χ2n) is 4.98. The summed E-state index contributed by atoms with van der Waals surface area (Å²) in [6.07, 6.45) is 1.49. The molecule has 1 aromatic carbocycles. The minimum atomic E-state index is -0.732. The number of halogens is 1. The summed E-state index contributed by atoms with van der Waals surface area (Å²) in [7, 11) is 0. The fraction of sp³-hybridized carbons (Fsp3) is 0.500. The molecule has 3 nitrogen and oxygen atoms in total. The van der Waals surface area contributed by atoms with E-state index in [0.717, 1.165) is 34.4 Å². The molecule has 0 aliphatic carbocycles. The van der Waals surface area contributed by atoms with Gasteiger partial charge in [-0.05, 0) is 55.0 Å². The molecule has 0 radical (unpaired) electrons. The first-order valence-corrected chi connectivity index (χ1v) is 8.29. The summed E-state index contributed by atoms with van der Waals surface area (Å²) in [4.78, 5) is 12.1. The average Bonchev–Trinajstić information content (AvgIpc) is 2.37. The van der Waals surface area contributed by atoms with Gasteiger partial charge in [-0.15, -0.1) is 0 Å². The molecule has 1 aliphatic rings. The third kappa shape index (κ3) is 3.97. The van der Waals surface area contributed by atoms with Gasteiger partial charge in [0.15, 0.2) is 0 Å². The summed E-state index contributed by atoms with van der Waals surface area (Å²) >= 11 is 5.24. The van der Waals surface area contributed by atoms with Gasteiger partial charge < -0.3 is 10.4 Å². The Labute approximate surface area is 126 Å². The van der Waals surface area contributed by atoms with E-state index in [0.29, 0.717) is 12.1 Å². The van der Waals surface area contributed by atoms with Crippen LogP contribution < -0.4 is 5.32 Å². The molecule has 1 amide bonds. The molecule has 5 heteroatoms. The van der Waals surface area contributed by atoms with E-state index < -0.39 is 5.60 Å². The molecule has 19 heavy (non-hydrogen) atoms. The number of amides is 1. The van der Waals surface area contributed by atoms with Gasteiger partial charge in [-0.25, -0.2) is 0 Å². The molecule has 1 aliphatic heterocycles. The van der Waals surface area contributed by atoms with E-state index in [4.69, 9.17) is 0 Å². The van der Waals surface area contributed by atoms with Crippen LogP contribution in [0, 0.1) is 6.92 Å². The van der Waals surface area contributed by atoms with Crippen molar-refractivity contribution in [3.8, 4) is 0 Å². The summed E-state index contributed by atoms with van der Waals surface area (Å²) in [5, 5.41) is 13.2. The normalized spacial score (nSPS) is 18.1. The summed E-state index contributed by atoms with van der Waals surface area (Å²) in [6, 6.07) is 5.57. The highest BCUT2D eigenvalue weighted by molar-refractivity contribution is 9.10. The molecule has 1 aromatic rings. The number of thioether (sulfide) groups is 1. The van der Waals surface area contributed by atoms with Crippen molar-refractivity contribution in [2.24, 2.45) is 0 Å². The van der Waals surface area contributed by atoms with Gasteiger partial charge in [0.1, 0.15) is 0 Å². The largest absolute Gasteiger partial charge is 0.388 e. The Bertz CT molecular complexity index is 473. The molecule has 1 fully saturated rings. The Morgan fingerprint density at radius 3 is 2.79 bits per heavy atom. The van der Waals surface area contributed by atoms with E-state index in [2.05, 4.69) is 21.2 Å². The molecule has 0 unspecified atom stereocenters. The molecule has 1 heterocycles. The van der Waals surface area contributed by atoms with Crippen LogP contribution in [-0.4, -0.2) is 34.7 Å². The van der Waals surface area contributed by atoms with E-state index in [1.165, 1.54) is 0 Å². The van der Waals surface area contributed by atoms with Crippen LogP contribution in [0.5, 0.6) is 0 Å². The molecule has 0 bridgehead atoms. The first-order chi connectivity index (χ1) is 9.00. The maximum Gasteiger partial charge on any atom is 0.251 e. The van der Waals surface area contributed by atoms with Crippen molar-refractivity contribution in [2.75, 3.05) is 18.1 Å². The Morgan fingerprint density at radius 2 is 2.16 bits per heavy atom. The number of carbonyl (C=O) groups is 1.